The molecule has 0 heterocycles. The Hall–Kier alpha value is -2.96. The van der Waals surface area contributed by atoms with Crippen molar-refractivity contribution in [1.29, 1.82) is 0 Å². The van der Waals surface area contributed by atoms with Gasteiger partial charge in [-0.25, -0.2) is 30.7 Å². The first-order valence-electron chi connectivity index (χ1n) is 11.9. The molecular formula is C27H20F12O. The van der Waals surface area contributed by atoms with Gasteiger partial charge in [-0.2, -0.15) is 22.0 Å². The summed E-state index contributed by atoms with van der Waals surface area (Å²) in [6, 6.07) is 0. The minimum atomic E-state index is -5.47. The van der Waals surface area contributed by atoms with Crippen LogP contribution in [0, 0.1) is 0 Å². The molecule has 0 bridgehead atoms. The van der Waals surface area contributed by atoms with Crippen LogP contribution in [0.1, 0.15) is 32.6 Å². The van der Waals surface area contributed by atoms with Gasteiger partial charge in [-0.15, -0.1) is 0 Å². The summed E-state index contributed by atoms with van der Waals surface area (Å²) in [7, 11) is 0. The van der Waals surface area contributed by atoms with Crippen LogP contribution in [0.25, 0.3) is 0 Å². The van der Waals surface area contributed by atoms with E-state index >= 15 is 4.39 Å². The molecule has 4 unspecified atom stereocenters. The molecule has 0 aromatic heterocycles. The zero-order valence-corrected chi connectivity index (χ0v) is 20.5. The van der Waals surface area contributed by atoms with Crippen LogP contribution < -0.4 is 0 Å². The van der Waals surface area contributed by atoms with E-state index in [1.807, 2.05) is 0 Å². The van der Waals surface area contributed by atoms with Crippen LogP contribution in [-0.2, 0) is 4.74 Å². The van der Waals surface area contributed by atoms with E-state index in [0.29, 0.717) is 5.57 Å². The molecule has 0 fully saturated rings. The fraction of sp³-hybridized carbons (Fsp3) is 0.407. The normalized spacial score (nSPS) is 28.8. The molecule has 0 saturated carbocycles. The highest BCUT2D eigenvalue weighted by Crippen LogP contribution is 2.46. The molecule has 4 rings (SSSR count). The maximum absolute atomic E-state index is 15.0. The Kier molecular flexibility index (Phi) is 8.09. The molecule has 0 saturated heterocycles. The third-order valence-corrected chi connectivity index (χ3v) is 6.76. The van der Waals surface area contributed by atoms with Crippen LogP contribution >= 0.6 is 0 Å². The number of rotatable bonds is 5. The molecule has 0 aromatic carbocycles. The first-order valence-corrected chi connectivity index (χ1v) is 11.9. The van der Waals surface area contributed by atoms with Gasteiger partial charge in [0.1, 0.15) is 47.4 Å². The van der Waals surface area contributed by atoms with Crippen molar-refractivity contribution in [3.63, 3.8) is 0 Å². The second-order valence-electron chi connectivity index (χ2n) is 9.68. The van der Waals surface area contributed by atoms with Gasteiger partial charge in [0, 0.05) is 31.3 Å². The molecule has 0 aromatic rings. The van der Waals surface area contributed by atoms with Crippen LogP contribution in [0.15, 0.2) is 92.7 Å². The lowest BCUT2D eigenvalue weighted by atomic mass is 9.81. The van der Waals surface area contributed by atoms with Gasteiger partial charge in [-0.3, -0.25) is 0 Å². The summed E-state index contributed by atoms with van der Waals surface area (Å²) < 4.78 is 173. The highest BCUT2D eigenvalue weighted by molar-refractivity contribution is 5.54. The zero-order valence-electron chi connectivity index (χ0n) is 20.5. The van der Waals surface area contributed by atoms with Crippen molar-refractivity contribution in [1.82, 2.24) is 0 Å². The summed E-state index contributed by atoms with van der Waals surface area (Å²) in [6.45, 7) is 1.67. The molecule has 0 radical (unpaired) electrons. The fourth-order valence-electron chi connectivity index (χ4n) is 4.97. The maximum atomic E-state index is 15.0. The van der Waals surface area contributed by atoms with Crippen LogP contribution in [0.2, 0.25) is 0 Å². The average molecular weight is 588 g/mol. The summed E-state index contributed by atoms with van der Waals surface area (Å²) in [5, 5.41) is 0. The minimum Gasteiger partial charge on any atom is -0.309 e. The van der Waals surface area contributed by atoms with Crippen LogP contribution in [0.5, 0.6) is 0 Å². The van der Waals surface area contributed by atoms with Gasteiger partial charge in [-0.1, -0.05) is 17.7 Å². The fourth-order valence-corrected chi connectivity index (χ4v) is 4.97. The monoisotopic (exact) mass is 588 g/mol. The Balaban J connectivity index is 1.61. The van der Waals surface area contributed by atoms with Gasteiger partial charge < -0.3 is 4.74 Å². The van der Waals surface area contributed by atoms with E-state index in [1.54, 1.807) is 13.0 Å². The van der Waals surface area contributed by atoms with Crippen molar-refractivity contribution in [2.75, 3.05) is 0 Å². The number of hydrogen-bond acceptors (Lipinski definition) is 1. The third-order valence-electron chi connectivity index (χ3n) is 6.76. The van der Waals surface area contributed by atoms with Crippen LogP contribution in [0.3, 0.4) is 0 Å². The number of hydrogen-bond donors (Lipinski definition) is 0. The average Bonchev–Trinajstić information content (AvgIpc) is 2.76. The van der Waals surface area contributed by atoms with E-state index in [1.165, 1.54) is 6.08 Å². The third kappa shape index (κ3) is 5.89. The van der Waals surface area contributed by atoms with Gasteiger partial charge in [-0.05, 0) is 41.9 Å². The minimum absolute atomic E-state index is 0.0117. The molecule has 0 spiro atoms. The topological polar surface area (TPSA) is 9.23 Å². The van der Waals surface area contributed by atoms with Crippen LogP contribution in [0.4, 0.5) is 52.7 Å². The SMILES string of the molecule is CC1=CC=C(C2=CC(F)=C(C3=CC(F)=C(C(F)(F)OC4C=C(F)C(C(F)(F)F)=C(F)C4)C(F)C3)C(F)C2)C(F)C1. The first-order chi connectivity index (χ1) is 18.5. The summed E-state index contributed by atoms with van der Waals surface area (Å²) >= 11 is 0. The zero-order chi connectivity index (χ0) is 29.7. The van der Waals surface area contributed by atoms with Crippen molar-refractivity contribution < 1.29 is 57.4 Å². The van der Waals surface area contributed by atoms with Crippen molar-refractivity contribution in [2.24, 2.45) is 0 Å². The highest BCUT2D eigenvalue weighted by Gasteiger charge is 2.49. The summed E-state index contributed by atoms with van der Waals surface area (Å²) in [5.74, 6) is -7.67. The quantitative estimate of drug-likeness (QED) is 0.291. The molecule has 13 heteroatoms. The molecule has 0 amide bonds. The molecule has 40 heavy (non-hydrogen) atoms. The molecule has 0 aliphatic heterocycles. The lowest BCUT2D eigenvalue weighted by molar-refractivity contribution is -0.232. The Bertz CT molecular complexity index is 1340. The predicted molar refractivity (Wildman–Crippen MR) is 121 cm³/mol. The summed E-state index contributed by atoms with van der Waals surface area (Å²) in [4.78, 5) is 0. The number of halogens is 12. The van der Waals surface area contributed by atoms with Gasteiger partial charge in [0.05, 0.1) is 11.7 Å². The molecule has 4 aliphatic carbocycles. The molecule has 4 atom stereocenters. The molecule has 1 nitrogen and oxygen atoms in total. The Morgan fingerprint density at radius 2 is 1.38 bits per heavy atom. The van der Waals surface area contributed by atoms with Crippen LogP contribution in [-0.4, -0.2) is 36.9 Å². The number of allylic oxidation sites excluding steroid dienone is 13. The Labute approximate surface area is 220 Å². The van der Waals surface area contributed by atoms with Crippen molar-refractivity contribution in [3.05, 3.63) is 92.7 Å². The second kappa shape index (κ2) is 10.8. The van der Waals surface area contributed by atoms with E-state index in [4.69, 9.17) is 0 Å². The highest BCUT2D eigenvalue weighted by atomic mass is 19.4. The Morgan fingerprint density at radius 3 is 1.93 bits per heavy atom. The van der Waals surface area contributed by atoms with Gasteiger partial charge in [0.25, 0.3) is 0 Å². The Morgan fingerprint density at radius 1 is 0.750 bits per heavy atom. The largest absolute Gasteiger partial charge is 0.421 e. The molecule has 218 valence electrons. The molecule has 4 aliphatic rings. The van der Waals surface area contributed by atoms with E-state index in [-0.39, 0.29) is 29.7 Å². The summed E-state index contributed by atoms with van der Waals surface area (Å²) in [5.41, 5.74) is -5.00. The smallest absolute Gasteiger partial charge is 0.309 e. The molecule has 0 N–H and O–H groups in total. The van der Waals surface area contributed by atoms with Crippen molar-refractivity contribution >= 4 is 0 Å². The second-order valence-corrected chi connectivity index (χ2v) is 9.68. The number of alkyl halides is 8. The van der Waals surface area contributed by atoms with E-state index in [0.717, 1.165) is 6.08 Å². The van der Waals surface area contributed by atoms with Gasteiger partial charge in [0.15, 0.2) is 0 Å². The van der Waals surface area contributed by atoms with Gasteiger partial charge >= 0.3 is 12.3 Å². The predicted octanol–water partition coefficient (Wildman–Crippen LogP) is 9.41. The van der Waals surface area contributed by atoms with Gasteiger partial charge in [0.2, 0.25) is 0 Å². The maximum Gasteiger partial charge on any atom is 0.421 e. The lowest BCUT2D eigenvalue weighted by Crippen LogP contribution is -2.36. The molecular weight excluding hydrogens is 568 g/mol. The standard InChI is InChI=1S/C27H20F12O/c1-11-2-3-15(16(28)4-11)12-5-17(29)23(18(30)6-12)13-7-19(31)25(20(32)8-13)27(38,39)40-14-9-21(33)24(22(34)10-14)26(35,36)37/h2-3,5,7,9,14,16,18,20H,4,6,8,10H2,1H3. The number of ether oxygens (including phenoxy) is 1. The van der Waals surface area contributed by atoms with E-state index in [2.05, 4.69) is 4.74 Å². The summed E-state index contributed by atoms with van der Waals surface area (Å²) in [6.07, 6.45) is -18.6. The first kappa shape index (κ1) is 30.0. The lowest BCUT2D eigenvalue weighted by Gasteiger charge is -2.31. The van der Waals surface area contributed by atoms with E-state index in [9.17, 15) is 48.3 Å². The van der Waals surface area contributed by atoms with E-state index < -0.39 is 102 Å². The van der Waals surface area contributed by atoms with Crippen molar-refractivity contribution in [3.8, 4) is 0 Å². The van der Waals surface area contributed by atoms with Crippen molar-refractivity contribution in [2.45, 2.75) is 69.5 Å².